The average Bonchev–Trinajstić information content (AvgIpc) is 3.12. The minimum atomic E-state index is -0.389. The van der Waals surface area contributed by atoms with Crippen molar-refractivity contribution in [2.45, 2.75) is 77.7 Å². The molecule has 0 spiro atoms. The summed E-state index contributed by atoms with van der Waals surface area (Å²) in [5.41, 5.74) is 2.73. The maximum absolute atomic E-state index is 12.8. The van der Waals surface area contributed by atoms with Gasteiger partial charge in [-0.1, -0.05) is 64.0 Å². The molecule has 1 aliphatic heterocycles. The number of rotatable bonds is 8. The van der Waals surface area contributed by atoms with Gasteiger partial charge in [-0.25, -0.2) is 4.79 Å². The van der Waals surface area contributed by atoms with Crippen LogP contribution in [0.2, 0.25) is 0 Å². The Morgan fingerprint density at radius 3 is 2.70 bits per heavy atom. The third kappa shape index (κ3) is 5.57. The Morgan fingerprint density at radius 1 is 1.22 bits per heavy atom. The summed E-state index contributed by atoms with van der Waals surface area (Å²) in [4.78, 5) is 24.1. The summed E-state index contributed by atoms with van der Waals surface area (Å²) >= 11 is 0. The van der Waals surface area contributed by atoms with Crippen molar-refractivity contribution in [1.29, 1.82) is 0 Å². The van der Waals surface area contributed by atoms with E-state index in [-0.39, 0.29) is 17.9 Å². The van der Waals surface area contributed by atoms with E-state index in [4.69, 9.17) is 4.74 Å². The van der Waals surface area contributed by atoms with Gasteiger partial charge in [0, 0.05) is 12.0 Å². The van der Waals surface area contributed by atoms with E-state index < -0.39 is 0 Å². The van der Waals surface area contributed by atoms with Crippen LogP contribution in [0.1, 0.15) is 92.2 Å². The molecule has 0 aromatic heterocycles. The fourth-order valence-electron chi connectivity index (χ4n) is 4.37. The molecule has 4 heteroatoms. The number of carbonyl (C=O) groups excluding carboxylic acids is 2. The number of ether oxygens (including phenoxy) is 1. The number of benzene rings is 1. The molecule has 1 N–H and O–H groups in total. The zero-order chi connectivity index (χ0) is 19.2. The lowest BCUT2D eigenvalue weighted by Crippen LogP contribution is -2.19. The van der Waals surface area contributed by atoms with E-state index in [0.717, 1.165) is 29.0 Å². The molecule has 1 aliphatic carbocycles. The molecule has 4 nitrogen and oxygen atoms in total. The molecule has 0 bridgehead atoms. The molecular weight excluding hydrogens is 338 g/mol. The predicted molar refractivity (Wildman–Crippen MR) is 107 cm³/mol. The highest BCUT2D eigenvalue weighted by atomic mass is 16.6. The van der Waals surface area contributed by atoms with Crippen molar-refractivity contribution in [3.63, 3.8) is 0 Å². The van der Waals surface area contributed by atoms with Crippen molar-refractivity contribution in [2.24, 2.45) is 11.8 Å². The lowest BCUT2D eigenvalue weighted by molar-refractivity contribution is 0.0972. The number of alkyl carbamates (subject to hydrolysis) is 1. The van der Waals surface area contributed by atoms with E-state index in [0.29, 0.717) is 18.9 Å². The highest BCUT2D eigenvalue weighted by Crippen LogP contribution is 2.30. The molecule has 1 saturated carbocycles. The molecule has 1 saturated heterocycles. The first-order valence-electron chi connectivity index (χ1n) is 10.6. The van der Waals surface area contributed by atoms with Crippen molar-refractivity contribution in [3.05, 3.63) is 34.9 Å². The van der Waals surface area contributed by atoms with Gasteiger partial charge in [-0.05, 0) is 42.4 Å². The standard InChI is InChI=1S/C23H33NO3/c1-16(8-11-18-6-4-3-5-7-18)9-13-22(25)20-14-19(12-10-17(20)2)21-15-27-23(26)24-21/h10,12,14,16,18,21H,3-9,11,13,15H2,1-2H3,(H,24,26)/t16-,21+/m1/s1. The van der Waals surface area contributed by atoms with Crippen LogP contribution < -0.4 is 5.32 Å². The van der Waals surface area contributed by atoms with E-state index in [1.165, 1.54) is 44.9 Å². The molecular formula is C23H33NO3. The summed E-state index contributed by atoms with van der Waals surface area (Å²) in [6.45, 7) is 4.59. The highest BCUT2D eigenvalue weighted by molar-refractivity contribution is 5.97. The SMILES string of the molecule is Cc1ccc([C@@H]2COC(=O)N2)cc1C(=O)CC[C@H](C)CCC1CCCCC1. The number of hydrogen-bond donors (Lipinski definition) is 1. The first-order valence-corrected chi connectivity index (χ1v) is 10.6. The van der Waals surface area contributed by atoms with E-state index in [2.05, 4.69) is 12.2 Å². The first kappa shape index (κ1) is 19.9. The minimum Gasteiger partial charge on any atom is -0.447 e. The number of carbonyl (C=O) groups is 2. The third-order valence-corrected chi connectivity index (χ3v) is 6.29. The van der Waals surface area contributed by atoms with Crippen LogP contribution in [-0.2, 0) is 4.74 Å². The Kier molecular flexibility index (Phi) is 6.92. The number of Topliss-reactive ketones (excluding diaryl/α,β-unsaturated/α-hetero) is 1. The van der Waals surface area contributed by atoms with E-state index in [1.54, 1.807) is 0 Å². The molecule has 2 aliphatic rings. The quantitative estimate of drug-likeness (QED) is 0.593. The van der Waals surface area contributed by atoms with Crippen molar-refractivity contribution >= 4 is 11.9 Å². The Balaban J connectivity index is 1.50. The van der Waals surface area contributed by atoms with E-state index >= 15 is 0 Å². The fraction of sp³-hybridized carbons (Fsp3) is 0.652. The topological polar surface area (TPSA) is 55.4 Å². The average molecular weight is 372 g/mol. The Morgan fingerprint density at radius 2 is 2.00 bits per heavy atom. The molecule has 3 rings (SSSR count). The van der Waals surface area contributed by atoms with E-state index in [1.807, 2.05) is 25.1 Å². The molecule has 0 radical (unpaired) electrons. The zero-order valence-corrected chi connectivity index (χ0v) is 16.8. The van der Waals surface area contributed by atoms with Crippen molar-refractivity contribution in [1.82, 2.24) is 5.32 Å². The van der Waals surface area contributed by atoms with Gasteiger partial charge in [0.25, 0.3) is 0 Å². The summed E-state index contributed by atoms with van der Waals surface area (Å²) in [5, 5.41) is 2.78. The summed E-state index contributed by atoms with van der Waals surface area (Å²) in [6.07, 6.45) is 10.8. The molecule has 2 fully saturated rings. The van der Waals surface area contributed by atoms with Crippen LogP contribution in [0.5, 0.6) is 0 Å². The number of amides is 1. The second-order valence-corrected chi connectivity index (χ2v) is 8.52. The van der Waals surface area contributed by atoms with Gasteiger partial charge in [0.15, 0.2) is 5.78 Å². The molecule has 1 amide bonds. The second kappa shape index (κ2) is 9.38. The largest absolute Gasteiger partial charge is 0.447 e. The van der Waals surface area contributed by atoms with Gasteiger partial charge in [-0.15, -0.1) is 0 Å². The lowest BCUT2D eigenvalue weighted by atomic mass is 9.83. The Labute approximate surface area is 163 Å². The molecule has 148 valence electrons. The predicted octanol–water partition coefficient (Wildman–Crippen LogP) is 5.74. The second-order valence-electron chi connectivity index (χ2n) is 8.52. The van der Waals surface area contributed by atoms with Crippen molar-refractivity contribution in [3.8, 4) is 0 Å². The molecule has 0 unspecified atom stereocenters. The van der Waals surface area contributed by atoms with Gasteiger partial charge in [0.2, 0.25) is 0 Å². The van der Waals surface area contributed by atoms with Gasteiger partial charge in [-0.3, -0.25) is 4.79 Å². The van der Waals surface area contributed by atoms with Crippen LogP contribution >= 0.6 is 0 Å². The highest BCUT2D eigenvalue weighted by Gasteiger charge is 2.25. The molecule has 2 atom stereocenters. The summed E-state index contributed by atoms with van der Waals surface area (Å²) in [6, 6.07) is 5.72. The van der Waals surface area contributed by atoms with Gasteiger partial charge in [0.05, 0.1) is 6.04 Å². The van der Waals surface area contributed by atoms with Crippen molar-refractivity contribution < 1.29 is 14.3 Å². The summed E-state index contributed by atoms with van der Waals surface area (Å²) in [7, 11) is 0. The van der Waals surface area contributed by atoms with Crippen LogP contribution in [-0.4, -0.2) is 18.5 Å². The minimum absolute atomic E-state index is 0.154. The normalized spacial score (nSPS) is 21.6. The Hall–Kier alpha value is -1.84. The van der Waals surface area contributed by atoms with E-state index in [9.17, 15) is 9.59 Å². The van der Waals surface area contributed by atoms with Crippen LogP contribution in [0.4, 0.5) is 4.79 Å². The van der Waals surface area contributed by atoms with Gasteiger partial charge in [0.1, 0.15) is 6.61 Å². The van der Waals surface area contributed by atoms with Crippen molar-refractivity contribution in [2.75, 3.05) is 6.61 Å². The zero-order valence-electron chi connectivity index (χ0n) is 16.8. The smallest absolute Gasteiger partial charge is 0.407 e. The summed E-state index contributed by atoms with van der Waals surface area (Å²) < 4.78 is 4.97. The fourth-order valence-corrected chi connectivity index (χ4v) is 4.37. The number of hydrogen-bond acceptors (Lipinski definition) is 3. The monoisotopic (exact) mass is 371 g/mol. The maximum atomic E-state index is 12.8. The Bertz CT molecular complexity index is 664. The van der Waals surface area contributed by atoms with Crippen LogP contribution in [0, 0.1) is 18.8 Å². The molecule has 27 heavy (non-hydrogen) atoms. The van der Waals surface area contributed by atoms with Gasteiger partial charge in [-0.2, -0.15) is 0 Å². The molecule has 1 aromatic carbocycles. The number of aryl methyl sites for hydroxylation is 1. The summed E-state index contributed by atoms with van der Waals surface area (Å²) in [5.74, 6) is 1.73. The number of ketones is 1. The molecule has 1 heterocycles. The third-order valence-electron chi connectivity index (χ3n) is 6.29. The maximum Gasteiger partial charge on any atom is 0.407 e. The number of nitrogens with one attached hydrogen (secondary N) is 1. The lowest BCUT2D eigenvalue weighted by Gasteiger charge is -2.23. The van der Waals surface area contributed by atoms with Crippen LogP contribution in [0.15, 0.2) is 18.2 Å². The number of cyclic esters (lactones) is 1. The first-order chi connectivity index (χ1) is 13.0. The van der Waals surface area contributed by atoms with Crippen LogP contribution in [0.25, 0.3) is 0 Å². The van der Waals surface area contributed by atoms with Gasteiger partial charge >= 0.3 is 6.09 Å². The molecule has 1 aromatic rings. The van der Waals surface area contributed by atoms with Gasteiger partial charge < -0.3 is 10.1 Å². The van der Waals surface area contributed by atoms with Crippen LogP contribution in [0.3, 0.4) is 0 Å².